The molecule has 0 spiro atoms. The molecule has 1 aliphatic rings. The quantitative estimate of drug-likeness (QED) is 0.818. The summed E-state index contributed by atoms with van der Waals surface area (Å²) < 4.78 is 5.80. The topological polar surface area (TPSA) is 25.4 Å². The molecular formula is C15H24N2O. The number of pyridine rings is 1. The van der Waals surface area contributed by atoms with Crippen LogP contribution in [0.2, 0.25) is 0 Å². The van der Waals surface area contributed by atoms with Gasteiger partial charge in [-0.15, -0.1) is 0 Å². The highest BCUT2D eigenvalue weighted by molar-refractivity contribution is 5.27. The van der Waals surface area contributed by atoms with E-state index >= 15 is 0 Å². The molecule has 2 heterocycles. The third-order valence-corrected chi connectivity index (χ3v) is 3.37. The minimum atomic E-state index is 0.258. The van der Waals surface area contributed by atoms with E-state index in [4.69, 9.17) is 9.72 Å². The van der Waals surface area contributed by atoms with Crippen molar-refractivity contribution in [2.24, 2.45) is 0 Å². The number of ether oxygens (including phenoxy) is 1. The van der Waals surface area contributed by atoms with Gasteiger partial charge < -0.3 is 9.64 Å². The maximum absolute atomic E-state index is 5.80. The Morgan fingerprint density at radius 3 is 2.72 bits per heavy atom. The van der Waals surface area contributed by atoms with Crippen LogP contribution in [-0.4, -0.2) is 30.6 Å². The van der Waals surface area contributed by atoms with Crippen molar-refractivity contribution in [1.29, 1.82) is 0 Å². The summed E-state index contributed by atoms with van der Waals surface area (Å²) in [6.07, 6.45) is 2.55. The lowest BCUT2D eigenvalue weighted by atomic mass is 10.0. The first kappa shape index (κ1) is 13.5. The molecule has 3 heteroatoms. The Morgan fingerprint density at radius 1 is 1.39 bits per heavy atom. The molecule has 0 N–H and O–H groups in total. The molecule has 0 bridgehead atoms. The van der Waals surface area contributed by atoms with Crippen LogP contribution < -0.4 is 0 Å². The molecule has 0 aromatic carbocycles. The van der Waals surface area contributed by atoms with Crippen LogP contribution in [-0.2, 0) is 11.3 Å². The molecule has 1 unspecified atom stereocenters. The van der Waals surface area contributed by atoms with Gasteiger partial charge in [0.2, 0.25) is 0 Å². The van der Waals surface area contributed by atoms with Crippen LogP contribution in [0.4, 0.5) is 0 Å². The van der Waals surface area contributed by atoms with Crippen LogP contribution in [0.5, 0.6) is 0 Å². The summed E-state index contributed by atoms with van der Waals surface area (Å²) >= 11 is 0. The molecule has 0 aliphatic carbocycles. The smallest absolute Gasteiger partial charge is 0.0843 e. The molecule has 1 aromatic rings. The van der Waals surface area contributed by atoms with Crippen molar-refractivity contribution in [2.75, 3.05) is 20.7 Å². The van der Waals surface area contributed by atoms with Crippen molar-refractivity contribution in [1.82, 2.24) is 9.88 Å². The zero-order valence-corrected chi connectivity index (χ0v) is 11.9. The van der Waals surface area contributed by atoms with Gasteiger partial charge in [-0.05, 0) is 38.9 Å². The summed E-state index contributed by atoms with van der Waals surface area (Å²) in [4.78, 5) is 7.01. The predicted molar refractivity (Wildman–Crippen MR) is 73.6 cm³/mol. The van der Waals surface area contributed by atoms with Crippen molar-refractivity contribution in [2.45, 2.75) is 45.3 Å². The second-order valence-electron chi connectivity index (χ2n) is 5.67. The molecule has 0 amide bonds. The standard InChI is InChI=1S/C15H24N2O/c1-11(2)13-8-7-12(15-6-5-9-18-15)14(16-13)10-17(3)4/h7-8,11,15H,5-6,9-10H2,1-4H3. The molecule has 1 aromatic heterocycles. The van der Waals surface area contributed by atoms with Crippen molar-refractivity contribution in [3.8, 4) is 0 Å². The van der Waals surface area contributed by atoms with Crippen LogP contribution in [0.15, 0.2) is 12.1 Å². The molecule has 1 atom stereocenters. The predicted octanol–water partition coefficient (Wildman–Crippen LogP) is 3.12. The molecule has 2 rings (SSSR count). The summed E-state index contributed by atoms with van der Waals surface area (Å²) in [6, 6.07) is 4.37. The lowest BCUT2D eigenvalue weighted by Crippen LogP contribution is -2.16. The van der Waals surface area contributed by atoms with Gasteiger partial charge in [0.15, 0.2) is 0 Å². The Bertz CT molecular complexity index is 395. The van der Waals surface area contributed by atoms with Crippen molar-refractivity contribution < 1.29 is 4.74 Å². The molecule has 1 fully saturated rings. The van der Waals surface area contributed by atoms with Crippen LogP contribution in [0.25, 0.3) is 0 Å². The summed E-state index contributed by atoms with van der Waals surface area (Å²) in [5.41, 5.74) is 3.64. The normalized spacial score (nSPS) is 20.0. The van der Waals surface area contributed by atoms with Gasteiger partial charge in [-0.1, -0.05) is 19.9 Å². The van der Waals surface area contributed by atoms with Crippen LogP contribution >= 0.6 is 0 Å². The number of rotatable bonds is 4. The van der Waals surface area contributed by atoms with Crippen molar-refractivity contribution >= 4 is 0 Å². The highest BCUT2D eigenvalue weighted by Crippen LogP contribution is 2.31. The Balaban J connectivity index is 2.31. The van der Waals surface area contributed by atoms with Gasteiger partial charge in [0.05, 0.1) is 11.8 Å². The Labute approximate surface area is 110 Å². The molecule has 100 valence electrons. The van der Waals surface area contributed by atoms with Gasteiger partial charge in [0.1, 0.15) is 0 Å². The van der Waals surface area contributed by atoms with E-state index in [-0.39, 0.29) is 6.10 Å². The average Bonchev–Trinajstić information content (AvgIpc) is 2.81. The largest absolute Gasteiger partial charge is 0.373 e. The summed E-state index contributed by atoms with van der Waals surface area (Å²) in [5, 5.41) is 0. The number of hydrogen-bond acceptors (Lipinski definition) is 3. The molecular weight excluding hydrogens is 224 g/mol. The summed E-state index contributed by atoms with van der Waals surface area (Å²) in [6.45, 7) is 6.15. The Morgan fingerprint density at radius 2 is 2.17 bits per heavy atom. The fourth-order valence-electron chi connectivity index (χ4n) is 2.39. The SMILES string of the molecule is CC(C)c1ccc(C2CCCO2)c(CN(C)C)n1. The monoisotopic (exact) mass is 248 g/mol. The van der Waals surface area contributed by atoms with E-state index in [9.17, 15) is 0 Å². The molecule has 0 radical (unpaired) electrons. The van der Waals surface area contributed by atoms with Gasteiger partial charge in [-0.25, -0.2) is 0 Å². The highest BCUT2D eigenvalue weighted by Gasteiger charge is 2.22. The first-order valence-corrected chi connectivity index (χ1v) is 6.84. The third kappa shape index (κ3) is 3.09. The van der Waals surface area contributed by atoms with Gasteiger partial charge >= 0.3 is 0 Å². The van der Waals surface area contributed by atoms with Gasteiger partial charge in [-0.3, -0.25) is 4.98 Å². The van der Waals surface area contributed by atoms with Crippen LogP contribution in [0.1, 0.15) is 55.7 Å². The second kappa shape index (κ2) is 5.81. The van der Waals surface area contributed by atoms with E-state index in [0.717, 1.165) is 26.0 Å². The van der Waals surface area contributed by atoms with E-state index in [1.54, 1.807) is 0 Å². The Hall–Kier alpha value is -0.930. The van der Waals surface area contributed by atoms with Crippen LogP contribution in [0.3, 0.4) is 0 Å². The van der Waals surface area contributed by atoms with Crippen LogP contribution in [0, 0.1) is 0 Å². The number of aromatic nitrogens is 1. The van der Waals surface area contributed by atoms with E-state index < -0.39 is 0 Å². The lowest BCUT2D eigenvalue weighted by molar-refractivity contribution is 0.110. The van der Waals surface area contributed by atoms with Gasteiger partial charge in [0, 0.05) is 24.4 Å². The second-order valence-corrected chi connectivity index (χ2v) is 5.67. The van der Waals surface area contributed by atoms with E-state index in [1.165, 1.54) is 17.0 Å². The molecule has 18 heavy (non-hydrogen) atoms. The lowest BCUT2D eigenvalue weighted by Gasteiger charge is -2.19. The zero-order chi connectivity index (χ0) is 13.1. The maximum Gasteiger partial charge on any atom is 0.0843 e. The average molecular weight is 248 g/mol. The van der Waals surface area contributed by atoms with Crippen molar-refractivity contribution in [3.05, 3.63) is 29.1 Å². The first-order chi connectivity index (χ1) is 8.58. The molecule has 0 saturated carbocycles. The Kier molecular flexibility index (Phi) is 4.36. The van der Waals surface area contributed by atoms with E-state index in [2.05, 4.69) is 45.0 Å². The van der Waals surface area contributed by atoms with E-state index in [1.807, 2.05) is 0 Å². The highest BCUT2D eigenvalue weighted by atomic mass is 16.5. The molecule has 3 nitrogen and oxygen atoms in total. The third-order valence-electron chi connectivity index (χ3n) is 3.37. The van der Waals surface area contributed by atoms with E-state index in [0.29, 0.717) is 5.92 Å². The maximum atomic E-state index is 5.80. The van der Waals surface area contributed by atoms with Crippen molar-refractivity contribution in [3.63, 3.8) is 0 Å². The first-order valence-electron chi connectivity index (χ1n) is 6.84. The fourth-order valence-corrected chi connectivity index (χ4v) is 2.39. The van der Waals surface area contributed by atoms with Gasteiger partial charge in [0.25, 0.3) is 0 Å². The molecule has 1 aliphatic heterocycles. The summed E-state index contributed by atoms with van der Waals surface area (Å²) in [5.74, 6) is 0.476. The minimum Gasteiger partial charge on any atom is -0.373 e. The zero-order valence-electron chi connectivity index (χ0n) is 11.9. The minimum absolute atomic E-state index is 0.258. The number of nitrogens with zero attached hydrogens (tertiary/aromatic N) is 2. The fraction of sp³-hybridized carbons (Fsp3) is 0.667. The van der Waals surface area contributed by atoms with Gasteiger partial charge in [-0.2, -0.15) is 0 Å². The number of hydrogen-bond donors (Lipinski definition) is 0. The summed E-state index contributed by atoms with van der Waals surface area (Å²) in [7, 11) is 4.17. The molecule has 1 saturated heterocycles.